The molecule has 2 heterocycles. The number of nitrogens with one attached hydrogen (secondary N) is 3. The van der Waals surface area contributed by atoms with Crippen LogP contribution in [0.5, 0.6) is 0 Å². The quantitative estimate of drug-likeness (QED) is 0.379. The van der Waals surface area contributed by atoms with Crippen LogP contribution in [0.15, 0.2) is 27.9 Å². The van der Waals surface area contributed by atoms with Crippen molar-refractivity contribution < 1.29 is 9.21 Å². The topological polar surface area (TPSA) is 91.5 Å². The SMILES string of the molecule is CCc1cnc(CNC(=NC)NCCCNC(=O)c2occc2C)s1. The molecule has 0 atom stereocenters. The summed E-state index contributed by atoms with van der Waals surface area (Å²) in [5, 5.41) is 10.3. The lowest BCUT2D eigenvalue weighted by Crippen LogP contribution is -2.38. The third-order valence-corrected chi connectivity index (χ3v) is 4.72. The lowest BCUT2D eigenvalue weighted by atomic mass is 10.2. The number of aliphatic imine (C=N–C) groups is 1. The summed E-state index contributed by atoms with van der Waals surface area (Å²) in [5.41, 5.74) is 0.841. The molecule has 0 radical (unpaired) electrons. The monoisotopic (exact) mass is 363 g/mol. The predicted molar refractivity (Wildman–Crippen MR) is 100 cm³/mol. The van der Waals surface area contributed by atoms with Crippen LogP contribution in [-0.2, 0) is 13.0 Å². The highest BCUT2D eigenvalue weighted by Crippen LogP contribution is 2.12. The zero-order chi connectivity index (χ0) is 18.1. The van der Waals surface area contributed by atoms with Gasteiger partial charge in [-0.15, -0.1) is 11.3 Å². The number of aromatic nitrogens is 1. The van der Waals surface area contributed by atoms with E-state index in [0.29, 0.717) is 25.4 Å². The van der Waals surface area contributed by atoms with E-state index < -0.39 is 0 Å². The molecule has 0 unspecified atom stereocenters. The highest BCUT2D eigenvalue weighted by molar-refractivity contribution is 7.11. The second kappa shape index (κ2) is 9.83. The lowest BCUT2D eigenvalue weighted by Gasteiger charge is -2.11. The summed E-state index contributed by atoms with van der Waals surface area (Å²) in [5.74, 6) is 0.919. The number of hydrogen-bond donors (Lipinski definition) is 3. The van der Waals surface area contributed by atoms with E-state index in [1.54, 1.807) is 24.5 Å². The number of carbonyl (C=O) groups excluding carboxylic acids is 1. The van der Waals surface area contributed by atoms with E-state index in [9.17, 15) is 4.79 Å². The average Bonchev–Trinajstić information content (AvgIpc) is 3.25. The number of nitrogens with zero attached hydrogens (tertiary/aromatic N) is 2. The van der Waals surface area contributed by atoms with Crippen LogP contribution in [0.2, 0.25) is 0 Å². The first-order valence-electron chi connectivity index (χ1n) is 8.34. The second-order valence-electron chi connectivity index (χ2n) is 5.47. The van der Waals surface area contributed by atoms with Crippen molar-refractivity contribution in [2.75, 3.05) is 20.1 Å². The second-order valence-corrected chi connectivity index (χ2v) is 6.67. The van der Waals surface area contributed by atoms with Gasteiger partial charge in [0, 0.05) is 36.8 Å². The van der Waals surface area contributed by atoms with Crippen molar-refractivity contribution in [1.29, 1.82) is 0 Å². The van der Waals surface area contributed by atoms with Gasteiger partial charge in [-0.05, 0) is 25.8 Å². The minimum absolute atomic E-state index is 0.180. The first kappa shape index (κ1) is 19.0. The Balaban J connectivity index is 1.62. The Hall–Kier alpha value is -2.35. The maximum Gasteiger partial charge on any atom is 0.287 e. The van der Waals surface area contributed by atoms with E-state index >= 15 is 0 Å². The number of thiazole rings is 1. The maximum absolute atomic E-state index is 11.9. The minimum Gasteiger partial charge on any atom is -0.459 e. The molecule has 8 heteroatoms. The van der Waals surface area contributed by atoms with Crippen molar-refractivity contribution in [3.8, 4) is 0 Å². The standard InChI is InChI=1S/C17H25N5O2S/c1-4-13-10-21-14(25-13)11-22-17(18-3)20-8-5-7-19-16(23)15-12(2)6-9-24-15/h6,9-10H,4-5,7-8,11H2,1-3H3,(H,19,23)(H2,18,20,22). The van der Waals surface area contributed by atoms with Crippen molar-refractivity contribution in [3.05, 3.63) is 39.7 Å². The van der Waals surface area contributed by atoms with Gasteiger partial charge in [-0.1, -0.05) is 6.92 Å². The predicted octanol–water partition coefficient (Wildman–Crippen LogP) is 2.09. The fourth-order valence-electron chi connectivity index (χ4n) is 2.16. The molecule has 7 nitrogen and oxygen atoms in total. The van der Waals surface area contributed by atoms with Crippen LogP contribution in [0.4, 0.5) is 0 Å². The number of carbonyl (C=O) groups is 1. The maximum atomic E-state index is 11.9. The molecule has 1 amide bonds. The van der Waals surface area contributed by atoms with Crippen LogP contribution in [-0.4, -0.2) is 37.0 Å². The van der Waals surface area contributed by atoms with Crippen LogP contribution in [0.1, 0.15) is 39.3 Å². The summed E-state index contributed by atoms with van der Waals surface area (Å²) in [6.45, 7) is 5.89. The van der Waals surface area contributed by atoms with Gasteiger partial charge in [0.05, 0.1) is 12.8 Å². The van der Waals surface area contributed by atoms with Gasteiger partial charge in [0.15, 0.2) is 11.7 Å². The molecule has 136 valence electrons. The van der Waals surface area contributed by atoms with Gasteiger partial charge in [-0.3, -0.25) is 9.79 Å². The zero-order valence-corrected chi connectivity index (χ0v) is 15.7. The van der Waals surface area contributed by atoms with Crippen molar-refractivity contribution in [2.24, 2.45) is 4.99 Å². The summed E-state index contributed by atoms with van der Waals surface area (Å²) in [6, 6.07) is 1.78. The number of aryl methyl sites for hydroxylation is 2. The van der Waals surface area contributed by atoms with Crippen molar-refractivity contribution >= 4 is 23.2 Å². The molecule has 0 aliphatic carbocycles. The molecule has 2 aromatic heterocycles. The van der Waals surface area contributed by atoms with Crippen molar-refractivity contribution in [3.63, 3.8) is 0 Å². The number of rotatable bonds is 8. The molecule has 0 aromatic carbocycles. The van der Waals surface area contributed by atoms with Crippen molar-refractivity contribution in [1.82, 2.24) is 20.9 Å². The Bertz CT molecular complexity index is 707. The van der Waals surface area contributed by atoms with E-state index in [0.717, 1.165) is 29.4 Å². The average molecular weight is 363 g/mol. The smallest absolute Gasteiger partial charge is 0.287 e. The van der Waals surface area contributed by atoms with E-state index in [4.69, 9.17) is 4.42 Å². The van der Waals surface area contributed by atoms with Gasteiger partial charge in [0.2, 0.25) is 0 Å². The van der Waals surface area contributed by atoms with Gasteiger partial charge < -0.3 is 20.4 Å². The Kier molecular flexibility index (Phi) is 7.46. The van der Waals surface area contributed by atoms with Gasteiger partial charge in [0.1, 0.15) is 5.01 Å². The first-order chi connectivity index (χ1) is 12.1. The van der Waals surface area contributed by atoms with Crippen molar-refractivity contribution in [2.45, 2.75) is 33.2 Å². The van der Waals surface area contributed by atoms with E-state index in [1.807, 2.05) is 13.1 Å². The normalized spacial score (nSPS) is 11.4. The summed E-state index contributed by atoms with van der Waals surface area (Å²) in [6.07, 6.45) is 5.23. The summed E-state index contributed by atoms with van der Waals surface area (Å²) in [4.78, 5) is 21.7. The Morgan fingerprint density at radius 2 is 2.12 bits per heavy atom. The minimum atomic E-state index is -0.180. The van der Waals surface area contributed by atoms with Crippen LogP contribution < -0.4 is 16.0 Å². The number of amides is 1. The molecule has 0 bridgehead atoms. The molecule has 2 aromatic rings. The fourth-order valence-corrected chi connectivity index (χ4v) is 2.96. The molecule has 2 rings (SSSR count). The molecule has 0 spiro atoms. The van der Waals surface area contributed by atoms with E-state index in [2.05, 4.69) is 32.9 Å². The third-order valence-electron chi connectivity index (χ3n) is 3.58. The first-order valence-corrected chi connectivity index (χ1v) is 9.16. The van der Waals surface area contributed by atoms with Crippen LogP contribution in [0.25, 0.3) is 0 Å². The Morgan fingerprint density at radius 3 is 2.76 bits per heavy atom. The highest BCUT2D eigenvalue weighted by atomic mass is 32.1. The van der Waals surface area contributed by atoms with Gasteiger partial charge in [-0.2, -0.15) is 0 Å². The number of furan rings is 1. The third kappa shape index (κ3) is 5.90. The summed E-state index contributed by atoms with van der Waals surface area (Å²) >= 11 is 1.71. The fraction of sp³-hybridized carbons (Fsp3) is 0.471. The number of guanidine groups is 1. The highest BCUT2D eigenvalue weighted by Gasteiger charge is 2.11. The Labute approximate surface area is 151 Å². The summed E-state index contributed by atoms with van der Waals surface area (Å²) < 4.78 is 5.16. The molecular weight excluding hydrogens is 338 g/mol. The molecule has 0 saturated heterocycles. The van der Waals surface area contributed by atoms with Crippen LogP contribution >= 0.6 is 11.3 Å². The Morgan fingerprint density at radius 1 is 1.32 bits per heavy atom. The molecule has 0 aliphatic heterocycles. The molecule has 0 fully saturated rings. The number of hydrogen-bond acceptors (Lipinski definition) is 5. The van der Waals surface area contributed by atoms with E-state index in [1.165, 1.54) is 11.1 Å². The zero-order valence-electron chi connectivity index (χ0n) is 14.9. The molecule has 25 heavy (non-hydrogen) atoms. The van der Waals surface area contributed by atoms with Crippen LogP contribution in [0.3, 0.4) is 0 Å². The van der Waals surface area contributed by atoms with Gasteiger partial charge >= 0.3 is 0 Å². The van der Waals surface area contributed by atoms with E-state index in [-0.39, 0.29) is 5.91 Å². The lowest BCUT2D eigenvalue weighted by molar-refractivity contribution is 0.0925. The molecule has 0 saturated carbocycles. The molecule has 0 aliphatic rings. The van der Waals surface area contributed by atoms with Gasteiger partial charge in [-0.25, -0.2) is 4.98 Å². The molecular formula is C17H25N5O2S. The van der Waals surface area contributed by atoms with Crippen LogP contribution in [0, 0.1) is 6.92 Å². The van der Waals surface area contributed by atoms with Gasteiger partial charge in [0.25, 0.3) is 5.91 Å². The largest absolute Gasteiger partial charge is 0.459 e. The molecule has 3 N–H and O–H groups in total. The summed E-state index contributed by atoms with van der Waals surface area (Å²) in [7, 11) is 1.73.